The van der Waals surface area contributed by atoms with Crippen molar-refractivity contribution < 1.29 is 4.79 Å². The number of anilines is 1. The van der Waals surface area contributed by atoms with Crippen LogP contribution in [0.3, 0.4) is 0 Å². The van der Waals surface area contributed by atoms with Crippen molar-refractivity contribution in [1.29, 1.82) is 0 Å². The molecule has 0 fully saturated rings. The second kappa shape index (κ2) is 7.91. The molecule has 1 aliphatic heterocycles. The smallest absolute Gasteiger partial charge is 0.258 e. The summed E-state index contributed by atoms with van der Waals surface area (Å²) < 4.78 is 1.85. The van der Waals surface area contributed by atoms with Crippen molar-refractivity contribution in [2.75, 3.05) is 11.9 Å². The number of nitrogens with one attached hydrogen (secondary N) is 1. The van der Waals surface area contributed by atoms with Crippen molar-refractivity contribution in [2.45, 2.75) is 6.17 Å². The fraction of sp³-hybridized carbons (Fsp3) is 0.0800. The first kappa shape index (κ1) is 18.8. The zero-order valence-corrected chi connectivity index (χ0v) is 16.8. The third-order valence-corrected chi connectivity index (χ3v) is 5.36. The maximum Gasteiger partial charge on any atom is 0.258 e. The summed E-state index contributed by atoms with van der Waals surface area (Å²) in [6.45, 7) is 4.27. The van der Waals surface area contributed by atoms with Gasteiger partial charge >= 0.3 is 0 Å². The zero-order chi connectivity index (χ0) is 21.2. The quantitative estimate of drug-likeness (QED) is 0.488. The molecule has 31 heavy (non-hydrogen) atoms. The number of carbonyl (C=O) groups excluding carboxylic acids is 1. The van der Waals surface area contributed by atoms with E-state index >= 15 is 0 Å². The molecule has 2 aromatic carbocycles. The summed E-state index contributed by atoms with van der Waals surface area (Å²) in [5.74, 6) is -0.0348. The molecule has 6 nitrogen and oxygen atoms in total. The number of rotatable bonds is 5. The van der Waals surface area contributed by atoms with Gasteiger partial charge < -0.3 is 10.2 Å². The highest BCUT2D eigenvalue weighted by Gasteiger charge is 2.34. The Bertz CT molecular complexity index is 1230. The van der Waals surface area contributed by atoms with Crippen LogP contribution in [-0.4, -0.2) is 32.1 Å². The van der Waals surface area contributed by atoms with E-state index in [9.17, 15) is 4.79 Å². The molecule has 0 aliphatic carbocycles. The predicted molar refractivity (Wildman–Crippen MR) is 121 cm³/mol. The van der Waals surface area contributed by atoms with Gasteiger partial charge in [0.05, 0.1) is 16.9 Å². The number of amides is 1. The molecule has 1 aliphatic rings. The fourth-order valence-corrected chi connectivity index (χ4v) is 3.90. The minimum atomic E-state index is -0.388. The van der Waals surface area contributed by atoms with Gasteiger partial charge in [-0.2, -0.15) is 5.10 Å². The lowest BCUT2D eigenvalue weighted by Crippen LogP contribution is -2.43. The minimum absolute atomic E-state index is 0.0348. The van der Waals surface area contributed by atoms with E-state index in [-0.39, 0.29) is 12.1 Å². The number of para-hydroxylation sites is 2. The number of benzene rings is 2. The molecule has 4 aromatic rings. The lowest BCUT2D eigenvalue weighted by Gasteiger charge is -2.37. The van der Waals surface area contributed by atoms with Gasteiger partial charge in [-0.05, 0) is 36.4 Å². The van der Waals surface area contributed by atoms with Crippen LogP contribution in [0.25, 0.3) is 16.9 Å². The van der Waals surface area contributed by atoms with Crippen LogP contribution in [0, 0.1) is 0 Å². The van der Waals surface area contributed by atoms with E-state index in [2.05, 4.69) is 16.9 Å². The number of pyridine rings is 1. The summed E-state index contributed by atoms with van der Waals surface area (Å²) in [5, 5.41) is 8.43. The van der Waals surface area contributed by atoms with Crippen molar-refractivity contribution >= 4 is 11.6 Å². The molecule has 5 rings (SSSR count). The number of fused-ring (bicyclic) bond motifs is 1. The minimum Gasteiger partial charge on any atom is -0.361 e. The maximum atomic E-state index is 13.3. The van der Waals surface area contributed by atoms with Crippen LogP contribution in [0.15, 0.2) is 98.0 Å². The highest BCUT2D eigenvalue weighted by Crippen LogP contribution is 2.37. The largest absolute Gasteiger partial charge is 0.361 e. The molecule has 6 heteroatoms. The predicted octanol–water partition coefficient (Wildman–Crippen LogP) is 4.69. The Morgan fingerprint density at radius 1 is 1.00 bits per heavy atom. The number of nitrogens with zero attached hydrogens (tertiary/aromatic N) is 4. The Hall–Kier alpha value is -4.19. The Labute approximate surface area is 180 Å². The van der Waals surface area contributed by atoms with Gasteiger partial charge in [0.2, 0.25) is 0 Å². The lowest BCUT2D eigenvalue weighted by atomic mass is 10.0. The third-order valence-electron chi connectivity index (χ3n) is 5.36. The molecule has 3 heterocycles. The van der Waals surface area contributed by atoms with Crippen molar-refractivity contribution in [3.63, 3.8) is 0 Å². The second-order valence-electron chi connectivity index (χ2n) is 7.29. The molecule has 2 aromatic heterocycles. The first-order chi connectivity index (χ1) is 15.3. The number of aromatic nitrogens is 3. The van der Waals surface area contributed by atoms with Gasteiger partial charge in [0, 0.05) is 41.9 Å². The normalized spacial score (nSPS) is 15.3. The summed E-state index contributed by atoms with van der Waals surface area (Å²) in [6, 6.07) is 21.4. The maximum absolute atomic E-state index is 13.3. The van der Waals surface area contributed by atoms with Crippen molar-refractivity contribution in [1.82, 2.24) is 19.7 Å². The highest BCUT2D eigenvalue weighted by atomic mass is 16.2. The van der Waals surface area contributed by atoms with Gasteiger partial charge in [0.1, 0.15) is 6.17 Å². The highest BCUT2D eigenvalue weighted by molar-refractivity contribution is 6.02. The van der Waals surface area contributed by atoms with Gasteiger partial charge in [-0.25, -0.2) is 4.68 Å². The Morgan fingerprint density at radius 3 is 2.52 bits per heavy atom. The number of hydrogen-bond donors (Lipinski definition) is 1. The van der Waals surface area contributed by atoms with E-state index in [0.29, 0.717) is 12.1 Å². The summed E-state index contributed by atoms with van der Waals surface area (Å²) in [6.07, 6.45) is 6.84. The van der Waals surface area contributed by atoms with Crippen LogP contribution >= 0.6 is 0 Å². The van der Waals surface area contributed by atoms with E-state index in [1.165, 1.54) is 0 Å². The fourth-order valence-electron chi connectivity index (χ4n) is 3.90. The summed E-state index contributed by atoms with van der Waals surface area (Å²) in [4.78, 5) is 19.2. The SMILES string of the molecule is C=CCN1C(=O)c2ccccc2NC1c1cn(-c2ccccc2)nc1-c1ccncc1. The molecular weight excluding hydrogens is 386 g/mol. The topological polar surface area (TPSA) is 63.1 Å². The van der Waals surface area contributed by atoms with E-state index in [1.807, 2.05) is 77.6 Å². The molecule has 1 unspecified atom stereocenters. The Morgan fingerprint density at radius 2 is 1.74 bits per heavy atom. The van der Waals surface area contributed by atoms with E-state index in [4.69, 9.17) is 5.10 Å². The van der Waals surface area contributed by atoms with E-state index in [0.717, 1.165) is 28.2 Å². The zero-order valence-electron chi connectivity index (χ0n) is 16.8. The van der Waals surface area contributed by atoms with Crippen molar-refractivity contribution in [3.05, 3.63) is 109 Å². The van der Waals surface area contributed by atoms with Gasteiger partial charge in [-0.1, -0.05) is 36.4 Å². The average Bonchev–Trinajstić information content (AvgIpc) is 3.27. The van der Waals surface area contributed by atoms with Gasteiger partial charge in [-0.15, -0.1) is 6.58 Å². The summed E-state index contributed by atoms with van der Waals surface area (Å²) in [7, 11) is 0. The van der Waals surface area contributed by atoms with E-state index < -0.39 is 0 Å². The molecule has 0 radical (unpaired) electrons. The van der Waals surface area contributed by atoms with E-state index in [1.54, 1.807) is 23.4 Å². The molecule has 1 atom stereocenters. The monoisotopic (exact) mass is 407 g/mol. The van der Waals surface area contributed by atoms with Crippen LogP contribution in [0.1, 0.15) is 22.1 Å². The summed E-state index contributed by atoms with van der Waals surface area (Å²) >= 11 is 0. The lowest BCUT2D eigenvalue weighted by molar-refractivity contribution is 0.0708. The molecular formula is C25H21N5O. The standard InChI is InChI=1S/C25H21N5O/c1-2-16-29-24(27-22-11-7-6-10-20(22)25(29)31)21-17-30(19-8-4-3-5-9-19)28-23(21)18-12-14-26-15-13-18/h2-15,17,24,27H,1,16H2. The van der Waals surface area contributed by atoms with Gasteiger partial charge in [-0.3, -0.25) is 9.78 Å². The Balaban J connectivity index is 1.68. The molecule has 1 N–H and O–H groups in total. The van der Waals surface area contributed by atoms with Crippen LogP contribution in [0.4, 0.5) is 5.69 Å². The first-order valence-electron chi connectivity index (χ1n) is 10.1. The number of hydrogen-bond acceptors (Lipinski definition) is 4. The third kappa shape index (κ3) is 3.38. The average molecular weight is 407 g/mol. The molecule has 0 bridgehead atoms. The molecule has 0 saturated heterocycles. The molecule has 1 amide bonds. The van der Waals surface area contributed by atoms with Crippen LogP contribution < -0.4 is 5.32 Å². The summed E-state index contributed by atoms with van der Waals surface area (Å²) in [5.41, 5.74) is 5.05. The van der Waals surface area contributed by atoms with Gasteiger partial charge in [0.15, 0.2) is 0 Å². The molecule has 0 spiro atoms. The number of carbonyl (C=O) groups is 1. The van der Waals surface area contributed by atoms with Gasteiger partial charge in [0.25, 0.3) is 5.91 Å². The van der Waals surface area contributed by atoms with Crippen molar-refractivity contribution in [2.24, 2.45) is 0 Å². The van der Waals surface area contributed by atoms with Crippen LogP contribution in [0.2, 0.25) is 0 Å². The Kier molecular flexibility index (Phi) is 4.80. The second-order valence-corrected chi connectivity index (χ2v) is 7.29. The van der Waals surface area contributed by atoms with Crippen molar-refractivity contribution in [3.8, 4) is 16.9 Å². The van der Waals surface area contributed by atoms with Crippen LogP contribution in [-0.2, 0) is 0 Å². The molecule has 152 valence electrons. The van der Waals surface area contributed by atoms with Crippen LogP contribution in [0.5, 0.6) is 0 Å². The molecule has 0 saturated carbocycles. The first-order valence-corrected chi connectivity index (χ1v) is 10.1.